The van der Waals surface area contributed by atoms with Crippen LogP contribution in [0.3, 0.4) is 0 Å². The Labute approximate surface area is 84.3 Å². The van der Waals surface area contributed by atoms with Crippen LogP contribution in [0.5, 0.6) is 0 Å². The molecule has 0 atom stereocenters. The predicted molar refractivity (Wildman–Crippen MR) is 55.3 cm³/mol. The van der Waals surface area contributed by atoms with Crippen molar-refractivity contribution >= 4 is 5.91 Å². The molecule has 0 aromatic carbocycles. The molecule has 1 N–H and O–H groups in total. The van der Waals surface area contributed by atoms with Crippen molar-refractivity contribution in [2.45, 2.75) is 26.2 Å². The van der Waals surface area contributed by atoms with Gasteiger partial charge in [0.25, 0.3) is 5.91 Å². The number of imidazole rings is 1. The third-order valence-electron chi connectivity index (χ3n) is 2.19. The Morgan fingerprint density at radius 1 is 1.50 bits per heavy atom. The second kappa shape index (κ2) is 3.44. The number of aromatic nitrogens is 2. The number of carbonyl (C=O) groups is 1. The molecule has 0 spiro atoms. The summed E-state index contributed by atoms with van der Waals surface area (Å²) in [6, 6.07) is 0. The van der Waals surface area contributed by atoms with Gasteiger partial charge in [0.1, 0.15) is 0 Å². The van der Waals surface area contributed by atoms with Gasteiger partial charge in [0, 0.05) is 31.4 Å². The quantitative estimate of drug-likeness (QED) is 0.728. The first-order chi connectivity index (χ1) is 6.38. The Morgan fingerprint density at radius 2 is 2.07 bits per heavy atom. The smallest absolute Gasteiger partial charge is 0.287 e. The molecule has 0 radical (unpaired) electrons. The highest BCUT2D eigenvalue weighted by atomic mass is 16.2. The minimum Gasteiger partial charge on any atom is -0.352 e. The highest BCUT2D eigenvalue weighted by Crippen LogP contribution is 2.21. The fourth-order valence-electron chi connectivity index (χ4n) is 1.43. The molecule has 1 aromatic heterocycles. The van der Waals surface area contributed by atoms with Crippen molar-refractivity contribution in [3.8, 4) is 0 Å². The molecule has 0 unspecified atom stereocenters. The monoisotopic (exact) mass is 195 g/mol. The summed E-state index contributed by atoms with van der Waals surface area (Å²) >= 11 is 0. The molecular formula is C10H17N3O. The molecule has 1 rings (SSSR count). The van der Waals surface area contributed by atoms with Crippen LogP contribution in [-0.2, 0) is 12.5 Å². The van der Waals surface area contributed by atoms with E-state index in [1.165, 1.54) is 0 Å². The van der Waals surface area contributed by atoms with Gasteiger partial charge in [-0.1, -0.05) is 20.8 Å². The number of nitrogens with one attached hydrogen (secondary N) is 1. The molecular weight excluding hydrogens is 178 g/mol. The molecule has 0 fully saturated rings. The lowest BCUT2D eigenvalue weighted by atomic mass is 9.93. The van der Waals surface area contributed by atoms with Crippen molar-refractivity contribution in [2.75, 3.05) is 7.05 Å². The fraction of sp³-hybridized carbons (Fsp3) is 0.600. The Hall–Kier alpha value is -1.32. The molecule has 0 saturated heterocycles. The highest BCUT2D eigenvalue weighted by molar-refractivity contribution is 5.90. The van der Waals surface area contributed by atoms with Gasteiger partial charge in [0.2, 0.25) is 0 Å². The Bertz CT molecular complexity index is 347. The van der Waals surface area contributed by atoms with Crippen molar-refractivity contribution in [1.82, 2.24) is 14.9 Å². The SMILES string of the molecule is CNC(=O)c1ncc(C(C)(C)C)n1C. The van der Waals surface area contributed by atoms with E-state index in [0.29, 0.717) is 5.82 Å². The summed E-state index contributed by atoms with van der Waals surface area (Å²) < 4.78 is 1.83. The normalized spacial score (nSPS) is 11.5. The lowest BCUT2D eigenvalue weighted by molar-refractivity contribution is 0.0949. The standard InChI is InChI=1S/C10H17N3O/c1-10(2,3)7-6-12-8(13(7)5)9(14)11-4/h6H,1-5H3,(H,11,14). The van der Waals surface area contributed by atoms with Crippen molar-refractivity contribution < 1.29 is 4.79 Å². The summed E-state index contributed by atoms with van der Waals surface area (Å²) in [7, 11) is 3.46. The first kappa shape index (κ1) is 10.8. The number of amides is 1. The van der Waals surface area contributed by atoms with Crippen LogP contribution in [0.4, 0.5) is 0 Å². The highest BCUT2D eigenvalue weighted by Gasteiger charge is 2.21. The topological polar surface area (TPSA) is 46.9 Å². The molecule has 0 aliphatic heterocycles. The van der Waals surface area contributed by atoms with Crippen LogP contribution < -0.4 is 5.32 Å². The van der Waals surface area contributed by atoms with Gasteiger partial charge >= 0.3 is 0 Å². The second-order valence-electron chi connectivity index (χ2n) is 4.36. The van der Waals surface area contributed by atoms with E-state index in [0.717, 1.165) is 5.69 Å². The Morgan fingerprint density at radius 3 is 2.43 bits per heavy atom. The average molecular weight is 195 g/mol. The fourth-order valence-corrected chi connectivity index (χ4v) is 1.43. The molecule has 0 aliphatic carbocycles. The van der Waals surface area contributed by atoms with Crippen LogP contribution in [0.1, 0.15) is 37.1 Å². The molecule has 1 heterocycles. The van der Waals surface area contributed by atoms with Crippen LogP contribution in [-0.4, -0.2) is 22.5 Å². The first-order valence-corrected chi connectivity index (χ1v) is 4.62. The van der Waals surface area contributed by atoms with E-state index in [1.54, 1.807) is 13.2 Å². The summed E-state index contributed by atoms with van der Waals surface area (Å²) in [5.41, 5.74) is 1.06. The number of hydrogen-bond acceptors (Lipinski definition) is 2. The van der Waals surface area contributed by atoms with Gasteiger partial charge < -0.3 is 9.88 Å². The predicted octanol–water partition coefficient (Wildman–Crippen LogP) is 1.08. The molecule has 0 bridgehead atoms. The minimum absolute atomic E-state index is 0.00796. The zero-order valence-electron chi connectivity index (χ0n) is 9.38. The van der Waals surface area contributed by atoms with Gasteiger partial charge in [-0.25, -0.2) is 4.98 Å². The van der Waals surface area contributed by atoms with Crippen molar-refractivity contribution in [2.24, 2.45) is 7.05 Å². The van der Waals surface area contributed by atoms with Gasteiger partial charge in [-0.2, -0.15) is 0 Å². The van der Waals surface area contributed by atoms with Gasteiger partial charge in [-0.15, -0.1) is 0 Å². The summed E-state index contributed by atoms with van der Waals surface area (Å²) in [4.78, 5) is 15.5. The molecule has 4 heteroatoms. The minimum atomic E-state index is -0.150. The zero-order chi connectivity index (χ0) is 10.9. The lowest BCUT2D eigenvalue weighted by Crippen LogP contribution is -2.24. The summed E-state index contributed by atoms with van der Waals surface area (Å²) in [5, 5.41) is 2.56. The lowest BCUT2D eigenvalue weighted by Gasteiger charge is -2.19. The molecule has 0 aliphatic rings. The number of carbonyl (C=O) groups excluding carboxylic acids is 1. The van der Waals surface area contributed by atoms with E-state index in [4.69, 9.17) is 0 Å². The van der Waals surface area contributed by atoms with Crippen molar-refractivity contribution in [3.63, 3.8) is 0 Å². The average Bonchev–Trinajstić information content (AvgIpc) is 2.45. The molecule has 1 aromatic rings. The number of rotatable bonds is 1. The van der Waals surface area contributed by atoms with Gasteiger partial charge in [0.15, 0.2) is 5.82 Å². The van der Waals surface area contributed by atoms with Crippen molar-refractivity contribution in [1.29, 1.82) is 0 Å². The third kappa shape index (κ3) is 1.78. The van der Waals surface area contributed by atoms with Crippen LogP contribution in [0.2, 0.25) is 0 Å². The van der Waals surface area contributed by atoms with Crippen LogP contribution in [0.25, 0.3) is 0 Å². The van der Waals surface area contributed by atoms with Gasteiger partial charge in [0.05, 0.1) is 0 Å². The van der Waals surface area contributed by atoms with Crippen LogP contribution in [0, 0.1) is 0 Å². The van der Waals surface area contributed by atoms with E-state index in [-0.39, 0.29) is 11.3 Å². The summed E-state index contributed by atoms with van der Waals surface area (Å²) in [6.07, 6.45) is 1.75. The maximum Gasteiger partial charge on any atom is 0.287 e. The summed E-state index contributed by atoms with van der Waals surface area (Å²) in [5.74, 6) is 0.306. The van der Waals surface area contributed by atoms with Crippen LogP contribution >= 0.6 is 0 Å². The maximum atomic E-state index is 11.4. The second-order valence-corrected chi connectivity index (χ2v) is 4.36. The number of nitrogens with zero attached hydrogens (tertiary/aromatic N) is 2. The molecule has 0 saturated carbocycles. The van der Waals surface area contributed by atoms with E-state index in [1.807, 2.05) is 11.6 Å². The maximum absolute atomic E-state index is 11.4. The van der Waals surface area contributed by atoms with Gasteiger partial charge in [-0.3, -0.25) is 4.79 Å². The zero-order valence-corrected chi connectivity index (χ0v) is 9.38. The Balaban J connectivity index is 3.15. The molecule has 78 valence electrons. The summed E-state index contributed by atoms with van der Waals surface area (Å²) in [6.45, 7) is 6.28. The van der Waals surface area contributed by atoms with E-state index in [2.05, 4.69) is 31.1 Å². The first-order valence-electron chi connectivity index (χ1n) is 4.62. The molecule has 4 nitrogen and oxygen atoms in total. The molecule has 1 amide bonds. The van der Waals surface area contributed by atoms with E-state index in [9.17, 15) is 4.79 Å². The van der Waals surface area contributed by atoms with E-state index >= 15 is 0 Å². The largest absolute Gasteiger partial charge is 0.352 e. The number of hydrogen-bond donors (Lipinski definition) is 1. The van der Waals surface area contributed by atoms with Crippen LogP contribution in [0.15, 0.2) is 6.20 Å². The third-order valence-corrected chi connectivity index (χ3v) is 2.19. The van der Waals surface area contributed by atoms with Crippen molar-refractivity contribution in [3.05, 3.63) is 17.7 Å². The van der Waals surface area contributed by atoms with E-state index < -0.39 is 0 Å². The van der Waals surface area contributed by atoms with Gasteiger partial charge in [-0.05, 0) is 0 Å². The Kier molecular flexibility index (Phi) is 2.64. The molecule has 14 heavy (non-hydrogen) atoms.